The summed E-state index contributed by atoms with van der Waals surface area (Å²) in [5.74, 6) is 0.254. The van der Waals surface area contributed by atoms with Crippen LogP contribution in [0.15, 0.2) is 18.2 Å². The molecule has 20 heavy (non-hydrogen) atoms. The Morgan fingerprint density at radius 2 is 1.95 bits per heavy atom. The van der Waals surface area contributed by atoms with Gasteiger partial charge in [-0.3, -0.25) is 4.90 Å². The molecule has 0 aromatic heterocycles. The van der Waals surface area contributed by atoms with E-state index in [1.54, 1.807) is 0 Å². The van der Waals surface area contributed by atoms with Crippen molar-refractivity contribution in [3.63, 3.8) is 0 Å². The van der Waals surface area contributed by atoms with Crippen LogP contribution in [-0.4, -0.2) is 37.2 Å². The van der Waals surface area contributed by atoms with Crippen LogP contribution in [0.3, 0.4) is 0 Å². The molecular weight excluding hydrogens is 248 g/mol. The Bertz CT molecular complexity index is 514. The summed E-state index contributed by atoms with van der Waals surface area (Å²) in [6.07, 6.45) is 3.69. The predicted molar refractivity (Wildman–Crippen MR) is 78.7 cm³/mol. The summed E-state index contributed by atoms with van der Waals surface area (Å²) in [5, 5.41) is 9.57. The van der Waals surface area contributed by atoms with Crippen molar-refractivity contribution in [2.75, 3.05) is 26.3 Å². The molecule has 3 heteroatoms. The van der Waals surface area contributed by atoms with Crippen LogP contribution >= 0.6 is 0 Å². The molecule has 1 saturated heterocycles. The number of nitrogens with zero attached hydrogens (tertiary/aromatic N) is 2. The minimum Gasteiger partial charge on any atom is -0.379 e. The van der Waals surface area contributed by atoms with Crippen molar-refractivity contribution in [1.82, 2.24) is 4.90 Å². The number of aryl methyl sites for hydroxylation is 2. The first-order chi connectivity index (χ1) is 9.79. The van der Waals surface area contributed by atoms with Gasteiger partial charge in [0.05, 0.1) is 19.3 Å². The van der Waals surface area contributed by atoms with Crippen LogP contribution in [0.25, 0.3) is 0 Å². The van der Waals surface area contributed by atoms with Gasteiger partial charge in [0, 0.05) is 19.0 Å². The summed E-state index contributed by atoms with van der Waals surface area (Å²) >= 11 is 0. The van der Waals surface area contributed by atoms with Gasteiger partial charge in [0.25, 0.3) is 0 Å². The third-order valence-electron chi connectivity index (χ3n) is 4.69. The van der Waals surface area contributed by atoms with Crippen LogP contribution in [0.5, 0.6) is 0 Å². The van der Waals surface area contributed by atoms with Crippen molar-refractivity contribution >= 4 is 0 Å². The van der Waals surface area contributed by atoms with Crippen molar-refractivity contribution in [3.8, 4) is 6.07 Å². The van der Waals surface area contributed by atoms with E-state index in [0.717, 1.165) is 26.3 Å². The fourth-order valence-electron chi connectivity index (χ4n) is 3.42. The number of morpholine rings is 1. The van der Waals surface area contributed by atoms with Gasteiger partial charge in [0.15, 0.2) is 0 Å². The predicted octanol–water partition coefficient (Wildman–Crippen LogP) is 2.50. The Balaban J connectivity index is 1.79. The van der Waals surface area contributed by atoms with Crippen molar-refractivity contribution < 1.29 is 4.74 Å². The molecule has 2 atom stereocenters. The highest BCUT2D eigenvalue weighted by Gasteiger charge is 2.27. The fraction of sp³-hybridized carbons (Fsp3) is 0.588. The highest BCUT2D eigenvalue weighted by atomic mass is 16.5. The Hall–Kier alpha value is -1.37. The van der Waals surface area contributed by atoms with Crippen LogP contribution in [0.4, 0.5) is 0 Å². The first-order valence-electron chi connectivity index (χ1n) is 7.62. The molecule has 1 aromatic rings. The van der Waals surface area contributed by atoms with Crippen LogP contribution in [0.1, 0.15) is 36.0 Å². The fourth-order valence-corrected chi connectivity index (χ4v) is 3.42. The van der Waals surface area contributed by atoms with E-state index in [4.69, 9.17) is 4.74 Å². The summed E-state index contributed by atoms with van der Waals surface area (Å²) in [4.78, 5) is 2.27. The molecular formula is C17H22N2O. The Morgan fingerprint density at radius 3 is 2.70 bits per heavy atom. The van der Waals surface area contributed by atoms with Gasteiger partial charge in [-0.1, -0.05) is 25.1 Å². The SMILES string of the molecule is CC(c1ccc2c(c1)CCC2)C(C#N)N1CCOCC1. The van der Waals surface area contributed by atoms with Gasteiger partial charge in [0.2, 0.25) is 0 Å². The number of fused-ring (bicyclic) bond motifs is 1. The minimum absolute atomic E-state index is 0.0432. The van der Waals surface area contributed by atoms with Gasteiger partial charge >= 0.3 is 0 Å². The van der Waals surface area contributed by atoms with E-state index in [0.29, 0.717) is 0 Å². The number of hydrogen-bond donors (Lipinski definition) is 0. The average Bonchev–Trinajstić information content (AvgIpc) is 2.96. The summed E-state index contributed by atoms with van der Waals surface area (Å²) < 4.78 is 5.39. The Labute approximate surface area is 121 Å². The lowest BCUT2D eigenvalue weighted by Crippen LogP contribution is -2.45. The Kier molecular flexibility index (Phi) is 4.05. The standard InChI is InChI=1S/C17H22N2O/c1-13(17(12-18)19-7-9-20-10-8-19)15-6-5-14-3-2-4-16(14)11-15/h5-6,11,13,17H,2-4,7-10H2,1H3. The molecule has 1 aromatic carbocycles. The lowest BCUT2D eigenvalue weighted by atomic mass is 9.90. The lowest BCUT2D eigenvalue weighted by Gasteiger charge is -2.34. The first kappa shape index (κ1) is 13.6. The normalized spacial score (nSPS) is 22.0. The molecule has 1 aliphatic carbocycles. The van der Waals surface area contributed by atoms with Crippen molar-refractivity contribution in [2.45, 2.75) is 38.1 Å². The number of ether oxygens (including phenoxy) is 1. The summed E-state index contributed by atoms with van der Waals surface area (Å²) in [6.45, 7) is 5.41. The second-order valence-corrected chi connectivity index (χ2v) is 5.89. The summed E-state index contributed by atoms with van der Waals surface area (Å²) in [6, 6.07) is 9.28. The van der Waals surface area contributed by atoms with Crippen molar-refractivity contribution in [1.29, 1.82) is 5.26 Å². The molecule has 1 heterocycles. The molecule has 0 radical (unpaired) electrons. The van der Waals surface area contributed by atoms with Gasteiger partial charge in [-0.15, -0.1) is 0 Å². The number of nitriles is 1. The number of benzene rings is 1. The molecule has 0 amide bonds. The largest absolute Gasteiger partial charge is 0.379 e. The van der Waals surface area contributed by atoms with Gasteiger partial charge in [0.1, 0.15) is 6.04 Å². The monoisotopic (exact) mass is 270 g/mol. The van der Waals surface area contributed by atoms with Gasteiger partial charge in [-0.2, -0.15) is 5.26 Å². The van der Waals surface area contributed by atoms with Crippen LogP contribution in [-0.2, 0) is 17.6 Å². The third-order valence-corrected chi connectivity index (χ3v) is 4.69. The smallest absolute Gasteiger partial charge is 0.105 e. The summed E-state index contributed by atoms with van der Waals surface area (Å²) in [5.41, 5.74) is 4.30. The molecule has 3 rings (SSSR count). The highest BCUT2D eigenvalue weighted by Crippen LogP contribution is 2.29. The van der Waals surface area contributed by atoms with E-state index >= 15 is 0 Å². The van der Waals surface area contributed by atoms with Crippen molar-refractivity contribution in [3.05, 3.63) is 34.9 Å². The third kappa shape index (κ3) is 2.59. The zero-order valence-electron chi connectivity index (χ0n) is 12.1. The molecule has 0 bridgehead atoms. The average molecular weight is 270 g/mol. The maximum atomic E-state index is 9.57. The zero-order chi connectivity index (χ0) is 13.9. The molecule has 0 spiro atoms. The molecule has 0 N–H and O–H groups in total. The lowest BCUT2D eigenvalue weighted by molar-refractivity contribution is 0.0231. The molecule has 1 fully saturated rings. The Morgan fingerprint density at radius 1 is 1.20 bits per heavy atom. The number of rotatable bonds is 3. The second-order valence-electron chi connectivity index (χ2n) is 5.89. The molecule has 3 nitrogen and oxygen atoms in total. The van der Waals surface area contributed by atoms with Crippen LogP contribution in [0.2, 0.25) is 0 Å². The second kappa shape index (κ2) is 5.95. The number of hydrogen-bond acceptors (Lipinski definition) is 3. The van der Waals surface area contributed by atoms with Crippen molar-refractivity contribution in [2.24, 2.45) is 0 Å². The van der Waals surface area contributed by atoms with E-state index in [1.807, 2.05) is 0 Å². The molecule has 106 valence electrons. The zero-order valence-corrected chi connectivity index (χ0v) is 12.1. The van der Waals surface area contributed by atoms with Crippen LogP contribution in [0, 0.1) is 11.3 Å². The molecule has 2 unspecified atom stereocenters. The van der Waals surface area contributed by atoms with E-state index in [9.17, 15) is 5.26 Å². The minimum atomic E-state index is -0.0432. The summed E-state index contributed by atoms with van der Waals surface area (Å²) in [7, 11) is 0. The van der Waals surface area contributed by atoms with Gasteiger partial charge in [-0.05, 0) is 36.0 Å². The van der Waals surface area contributed by atoms with Crippen LogP contribution < -0.4 is 0 Å². The van der Waals surface area contributed by atoms with E-state index < -0.39 is 0 Å². The van der Waals surface area contributed by atoms with Gasteiger partial charge < -0.3 is 4.74 Å². The van der Waals surface area contributed by atoms with Gasteiger partial charge in [-0.25, -0.2) is 0 Å². The first-order valence-corrected chi connectivity index (χ1v) is 7.62. The highest BCUT2D eigenvalue weighted by molar-refractivity contribution is 5.37. The van der Waals surface area contributed by atoms with E-state index in [1.165, 1.54) is 36.0 Å². The maximum absolute atomic E-state index is 9.57. The quantitative estimate of drug-likeness (QED) is 0.846. The topological polar surface area (TPSA) is 36.3 Å². The molecule has 1 aliphatic heterocycles. The van der Waals surface area contributed by atoms with E-state index in [-0.39, 0.29) is 12.0 Å². The molecule has 0 saturated carbocycles. The maximum Gasteiger partial charge on any atom is 0.105 e. The van der Waals surface area contributed by atoms with E-state index in [2.05, 4.69) is 36.1 Å². The molecule has 2 aliphatic rings.